The van der Waals surface area contributed by atoms with Gasteiger partial charge in [0.2, 0.25) is 6.10 Å². The van der Waals surface area contributed by atoms with Gasteiger partial charge in [-0.2, -0.15) is 0 Å². The molecule has 0 fully saturated rings. The predicted molar refractivity (Wildman–Crippen MR) is 104 cm³/mol. The quantitative estimate of drug-likeness (QED) is 0.227. The van der Waals surface area contributed by atoms with Crippen LogP contribution in [0.2, 0.25) is 0 Å². The lowest BCUT2D eigenvalue weighted by molar-refractivity contribution is -0.208. The highest BCUT2D eigenvalue weighted by Gasteiger charge is 2.58. The molecule has 1 aromatic carbocycles. The second-order valence-electron chi connectivity index (χ2n) is 6.15. The van der Waals surface area contributed by atoms with Crippen LogP contribution in [-0.2, 0) is 39.8 Å². The van der Waals surface area contributed by atoms with Crippen LogP contribution in [0.1, 0.15) is 39.2 Å². The van der Waals surface area contributed by atoms with Gasteiger partial charge < -0.3 is 24.1 Å². The third-order valence-electron chi connectivity index (χ3n) is 4.04. The number of aryl methyl sites for hydroxylation is 1. The summed E-state index contributed by atoms with van der Waals surface area (Å²) in [5.41, 5.74) is -1.79. The summed E-state index contributed by atoms with van der Waals surface area (Å²) in [6.07, 6.45) is 0.190. The van der Waals surface area contributed by atoms with Crippen LogP contribution in [0.25, 0.3) is 0 Å². The fourth-order valence-corrected chi connectivity index (χ4v) is 2.63. The number of aliphatic hydroxyl groups is 1. The average molecular weight is 410 g/mol. The molecule has 0 spiro atoms. The van der Waals surface area contributed by atoms with Crippen LogP contribution in [0.15, 0.2) is 30.3 Å². The van der Waals surface area contributed by atoms with Crippen LogP contribution in [0.4, 0.5) is 0 Å². The molecule has 162 valence electrons. The zero-order valence-electron chi connectivity index (χ0n) is 17.2. The van der Waals surface area contributed by atoms with Gasteiger partial charge in [0.15, 0.2) is 0 Å². The zero-order valence-corrected chi connectivity index (χ0v) is 17.2. The average Bonchev–Trinajstić information content (AvgIpc) is 2.71. The van der Waals surface area contributed by atoms with E-state index in [2.05, 4.69) is 0 Å². The smallest absolute Gasteiger partial charge is 0.353 e. The molecule has 29 heavy (non-hydrogen) atoms. The Hall–Kier alpha value is -2.45. The van der Waals surface area contributed by atoms with Gasteiger partial charge in [0.1, 0.15) is 0 Å². The first kappa shape index (κ1) is 24.6. The third kappa shape index (κ3) is 7.14. The molecule has 1 aromatic rings. The number of benzene rings is 1. The van der Waals surface area contributed by atoms with E-state index >= 15 is 0 Å². The summed E-state index contributed by atoms with van der Waals surface area (Å²) < 4.78 is 19.9. The highest BCUT2D eigenvalue weighted by molar-refractivity contribution is 6.08. The summed E-state index contributed by atoms with van der Waals surface area (Å²) in [7, 11) is 0. The standard InChI is InChI=1S/C21H30O8/c1-4-26-18(22)17(21(25,19(23)27-5-2)20(24)28-6-3)29-15-11-10-14-16-12-8-7-9-13-16/h7-9,12-13,17,25H,4-6,10-11,14-15H2,1-3H3. The predicted octanol–water partition coefficient (Wildman–Crippen LogP) is 1.81. The van der Waals surface area contributed by atoms with Crippen molar-refractivity contribution in [3.63, 3.8) is 0 Å². The number of hydrogen-bond acceptors (Lipinski definition) is 8. The molecular formula is C21H30O8. The molecule has 0 saturated heterocycles. The van der Waals surface area contributed by atoms with E-state index in [0.717, 1.165) is 18.4 Å². The Morgan fingerprint density at radius 3 is 1.97 bits per heavy atom. The first-order valence-corrected chi connectivity index (χ1v) is 9.80. The topological polar surface area (TPSA) is 108 Å². The van der Waals surface area contributed by atoms with E-state index in [1.165, 1.54) is 13.8 Å². The van der Waals surface area contributed by atoms with E-state index in [-0.39, 0.29) is 26.4 Å². The molecule has 1 unspecified atom stereocenters. The summed E-state index contributed by atoms with van der Waals surface area (Å²) in [5.74, 6) is -3.68. The first-order valence-electron chi connectivity index (χ1n) is 9.80. The van der Waals surface area contributed by atoms with Gasteiger partial charge in [-0.25, -0.2) is 14.4 Å². The van der Waals surface area contributed by atoms with Crippen molar-refractivity contribution in [1.29, 1.82) is 0 Å². The zero-order chi connectivity index (χ0) is 21.7. The van der Waals surface area contributed by atoms with Gasteiger partial charge in [0.25, 0.3) is 5.60 Å². The summed E-state index contributed by atoms with van der Waals surface area (Å²) in [6, 6.07) is 9.83. The van der Waals surface area contributed by atoms with Gasteiger partial charge in [-0.15, -0.1) is 0 Å². The molecule has 0 aliphatic rings. The van der Waals surface area contributed by atoms with Gasteiger partial charge in [-0.05, 0) is 45.6 Å². The highest BCUT2D eigenvalue weighted by Crippen LogP contribution is 2.21. The van der Waals surface area contributed by atoms with Crippen LogP contribution >= 0.6 is 0 Å². The second kappa shape index (κ2) is 12.9. The maximum Gasteiger partial charge on any atom is 0.353 e. The molecule has 0 saturated carbocycles. The largest absolute Gasteiger partial charge is 0.464 e. The number of rotatable bonds is 13. The molecule has 0 bridgehead atoms. The van der Waals surface area contributed by atoms with E-state index in [0.29, 0.717) is 6.42 Å². The van der Waals surface area contributed by atoms with E-state index in [9.17, 15) is 19.5 Å². The Labute approximate surface area is 171 Å². The Kier molecular flexibility index (Phi) is 10.9. The van der Waals surface area contributed by atoms with Crippen LogP contribution in [-0.4, -0.2) is 61.1 Å². The van der Waals surface area contributed by atoms with Gasteiger partial charge in [0, 0.05) is 6.61 Å². The lowest BCUT2D eigenvalue weighted by Crippen LogP contribution is -2.61. The highest BCUT2D eigenvalue weighted by atomic mass is 16.6. The number of hydrogen-bond donors (Lipinski definition) is 1. The van der Waals surface area contributed by atoms with Crippen LogP contribution < -0.4 is 0 Å². The summed E-state index contributed by atoms with van der Waals surface area (Å²) in [6.45, 7) is 4.37. The van der Waals surface area contributed by atoms with Crippen LogP contribution in [0.5, 0.6) is 0 Å². The van der Waals surface area contributed by atoms with Crippen LogP contribution in [0, 0.1) is 0 Å². The number of esters is 3. The lowest BCUT2D eigenvalue weighted by atomic mass is 9.96. The van der Waals surface area contributed by atoms with E-state index in [1.807, 2.05) is 30.3 Å². The number of carbonyl (C=O) groups is 3. The maximum atomic E-state index is 12.4. The molecule has 0 heterocycles. The summed E-state index contributed by atoms with van der Waals surface area (Å²) in [5, 5.41) is 10.8. The third-order valence-corrected chi connectivity index (χ3v) is 4.04. The Morgan fingerprint density at radius 2 is 1.45 bits per heavy atom. The molecule has 1 atom stereocenters. The number of unbranched alkanes of at least 4 members (excludes halogenated alkanes) is 1. The molecule has 1 N–H and O–H groups in total. The minimum atomic E-state index is -2.95. The monoisotopic (exact) mass is 410 g/mol. The molecule has 0 aromatic heterocycles. The lowest BCUT2D eigenvalue weighted by Gasteiger charge is -2.30. The second-order valence-corrected chi connectivity index (χ2v) is 6.15. The first-order chi connectivity index (χ1) is 13.9. The van der Waals surface area contributed by atoms with Crippen molar-refractivity contribution in [3.05, 3.63) is 35.9 Å². The van der Waals surface area contributed by atoms with E-state index < -0.39 is 29.6 Å². The Morgan fingerprint density at radius 1 is 0.897 bits per heavy atom. The Bertz CT molecular complexity index is 625. The molecule has 0 aliphatic heterocycles. The molecule has 8 heteroatoms. The summed E-state index contributed by atoms with van der Waals surface area (Å²) >= 11 is 0. The molecular weight excluding hydrogens is 380 g/mol. The normalized spacial score (nSPS) is 12.1. The van der Waals surface area contributed by atoms with Crippen LogP contribution in [0.3, 0.4) is 0 Å². The van der Waals surface area contributed by atoms with Gasteiger partial charge in [-0.3, -0.25) is 0 Å². The van der Waals surface area contributed by atoms with Crippen molar-refractivity contribution in [2.45, 2.75) is 51.7 Å². The van der Waals surface area contributed by atoms with Crippen molar-refractivity contribution in [3.8, 4) is 0 Å². The van der Waals surface area contributed by atoms with E-state index in [1.54, 1.807) is 6.92 Å². The van der Waals surface area contributed by atoms with Crippen molar-refractivity contribution in [2.24, 2.45) is 0 Å². The summed E-state index contributed by atoms with van der Waals surface area (Å²) in [4.78, 5) is 37.1. The molecule has 0 radical (unpaired) electrons. The molecule has 0 amide bonds. The van der Waals surface area contributed by atoms with Gasteiger partial charge in [-0.1, -0.05) is 30.3 Å². The maximum absolute atomic E-state index is 12.4. The molecule has 0 aliphatic carbocycles. The molecule has 8 nitrogen and oxygen atoms in total. The van der Waals surface area contributed by atoms with Gasteiger partial charge >= 0.3 is 17.9 Å². The number of ether oxygens (including phenoxy) is 4. The molecule has 1 rings (SSSR count). The van der Waals surface area contributed by atoms with Crippen molar-refractivity contribution >= 4 is 17.9 Å². The van der Waals surface area contributed by atoms with Gasteiger partial charge in [0.05, 0.1) is 19.8 Å². The fraction of sp³-hybridized carbons (Fsp3) is 0.571. The fourth-order valence-electron chi connectivity index (χ4n) is 2.63. The van der Waals surface area contributed by atoms with Crippen molar-refractivity contribution < 1.29 is 38.4 Å². The Balaban J connectivity index is 2.87. The van der Waals surface area contributed by atoms with E-state index in [4.69, 9.17) is 18.9 Å². The SMILES string of the molecule is CCOC(=O)C(OCCCCc1ccccc1)C(O)(C(=O)OCC)C(=O)OCC. The minimum Gasteiger partial charge on any atom is -0.464 e. The van der Waals surface area contributed by atoms with Crippen molar-refractivity contribution in [2.75, 3.05) is 26.4 Å². The minimum absolute atomic E-state index is 0.0194. The number of carbonyl (C=O) groups excluding carboxylic acids is 3. The van der Waals surface area contributed by atoms with Crippen molar-refractivity contribution in [1.82, 2.24) is 0 Å².